The molecule has 3 aromatic carbocycles. The van der Waals surface area contributed by atoms with Gasteiger partial charge in [0, 0.05) is 17.6 Å². The van der Waals surface area contributed by atoms with Crippen LogP contribution in [-0.2, 0) is 21.2 Å². The van der Waals surface area contributed by atoms with E-state index in [1.165, 1.54) is 9.87 Å². The summed E-state index contributed by atoms with van der Waals surface area (Å²) in [4.78, 5) is 15.2. The van der Waals surface area contributed by atoms with Gasteiger partial charge in [0.1, 0.15) is 6.54 Å². The second-order valence-corrected chi connectivity index (χ2v) is 11.1. The number of nitrogens with zero attached hydrogens (tertiary/aromatic N) is 2. The highest BCUT2D eigenvalue weighted by Crippen LogP contribution is 2.27. The standard InChI is InChI=1S/C26H27BrN2O3S/c27-23-10-7-11-24(19-23)29(33(31,32)25-12-5-2-6-13-25)20-26(30)28-16-14-22(15-17-28)18-21-8-3-1-4-9-21/h1-13,19,22H,14-18,20H2. The molecule has 0 aromatic heterocycles. The zero-order valence-corrected chi connectivity index (χ0v) is 20.7. The molecule has 0 bridgehead atoms. The molecule has 0 N–H and O–H groups in total. The average molecular weight is 527 g/mol. The lowest BCUT2D eigenvalue weighted by atomic mass is 9.90. The van der Waals surface area contributed by atoms with Gasteiger partial charge in [0.25, 0.3) is 10.0 Å². The number of likely N-dealkylation sites (tertiary alicyclic amines) is 1. The maximum absolute atomic E-state index is 13.5. The molecule has 7 heteroatoms. The molecule has 0 spiro atoms. The Bertz CT molecular complexity index is 1180. The highest BCUT2D eigenvalue weighted by molar-refractivity contribution is 9.10. The van der Waals surface area contributed by atoms with Crippen LogP contribution < -0.4 is 4.31 Å². The van der Waals surface area contributed by atoms with Crippen LogP contribution in [0.25, 0.3) is 0 Å². The Labute approximate surface area is 204 Å². The van der Waals surface area contributed by atoms with E-state index < -0.39 is 10.0 Å². The van der Waals surface area contributed by atoms with Crippen molar-refractivity contribution in [3.63, 3.8) is 0 Å². The largest absolute Gasteiger partial charge is 0.341 e. The SMILES string of the molecule is O=C(CN(c1cccc(Br)c1)S(=O)(=O)c1ccccc1)N1CCC(Cc2ccccc2)CC1. The fourth-order valence-corrected chi connectivity index (χ4v) is 6.04. The molecule has 1 saturated heterocycles. The maximum atomic E-state index is 13.5. The summed E-state index contributed by atoms with van der Waals surface area (Å²) >= 11 is 3.41. The van der Waals surface area contributed by atoms with Gasteiger partial charge in [-0.05, 0) is 61.1 Å². The van der Waals surface area contributed by atoms with Gasteiger partial charge in [-0.3, -0.25) is 9.10 Å². The lowest BCUT2D eigenvalue weighted by molar-refractivity contribution is -0.130. The highest BCUT2D eigenvalue weighted by Gasteiger charge is 2.30. The van der Waals surface area contributed by atoms with Gasteiger partial charge in [0.2, 0.25) is 5.91 Å². The van der Waals surface area contributed by atoms with Crippen LogP contribution in [-0.4, -0.2) is 38.9 Å². The minimum absolute atomic E-state index is 0.166. The number of benzene rings is 3. The summed E-state index contributed by atoms with van der Waals surface area (Å²) in [6.07, 6.45) is 2.85. The first kappa shape index (κ1) is 23.5. The van der Waals surface area contributed by atoms with Crippen LogP contribution >= 0.6 is 15.9 Å². The van der Waals surface area contributed by atoms with E-state index in [-0.39, 0.29) is 17.3 Å². The lowest BCUT2D eigenvalue weighted by Gasteiger charge is -2.34. The molecule has 0 unspecified atom stereocenters. The van der Waals surface area contributed by atoms with Crippen LogP contribution in [0.5, 0.6) is 0 Å². The number of carbonyl (C=O) groups excluding carboxylic acids is 1. The van der Waals surface area contributed by atoms with Crippen LogP contribution in [0, 0.1) is 5.92 Å². The smallest absolute Gasteiger partial charge is 0.264 e. The molecule has 0 aliphatic carbocycles. The van der Waals surface area contributed by atoms with Crippen LogP contribution in [0.15, 0.2) is 94.3 Å². The van der Waals surface area contributed by atoms with Gasteiger partial charge in [-0.2, -0.15) is 0 Å². The van der Waals surface area contributed by atoms with Gasteiger partial charge in [-0.15, -0.1) is 0 Å². The Morgan fingerprint density at radius 3 is 2.18 bits per heavy atom. The summed E-state index contributed by atoms with van der Waals surface area (Å²) in [6, 6.07) is 25.7. The number of hydrogen-bond acceptors (Lipinski definition) is 3. The molecule has 1 heterocycles. The minimum atomic E-state index is -3.89. The van der Waals surface area contributed by atoms with E-state index in [4.69, 9.17) is 0 Å². The third-order valence-electron chi connectivity index (χ3n) is 6.04. The molecular formula is C26H27BrN2O3S. The molecule has 0 saturated carbocycles. The van der Waals surface area contributed by atoms with E-state index >= 15 is 0 Å². The average Bonchev–Trinajstić information content (AvgIpc) is 2.84. The molecular weight excluding hydrogens is 500 g/mol. The van der Waals surface area contributed by atoms with Gasteiger partial charge >= 0.3 is 0 Å². The molecule has 1 amide bonds. The monoisotopic (exact) mass is 526 g/mol. The molecule has 172 valence electrons. The molecule has 0 atom stereocenters. The summed E-state index contributed by atoms with van der Waals surface area (Å²) in [6.45, 7) is 1.07. The predicted molar refractivity (Wildman–Crippen MR) is 135 cm³/mol. The van der Waals surface area contributed by atoms with Crippen molar-refractivity contribution in [2.45, 2.75) is 24.2 Å². The first-order valence-electron chi connectivity index (χ1n) is 11.1. The van der Waals surface area contributed by atoms with Crippen molar-refractivity contribution in [1.29, 1.82) is 0 Å². The summed E-state index contributed by atoms with van der Waals surface area (Å²) < 4.78 is 28.9. The molecule has 1 aliphatic rings. The second kappa shape index (κ2) is 10.5. The number of hydrogen-bond donors (Lipinski definition) is 0. The Morgan fingerprint density at radius 2 is 1.55 bits per heavy atom. The molecule has 1 aliphatic heterocycles. The number of amides is 1. The summed E-state index contributed by atoms with van der Waals surface area (Å²) in [5.41, 5.74) is 1.78. The van der Waals surface area contributed by atoms with Gasteiger partial charge in [-0.25, -0.2) is 8.42 Å². The molecule has 33 heavy (non-hydrogen) atoms. The third kappa shape index (κ3) is 5.84. The first-order chi connectivity index (χ1) is 15.9. The third-order valence-corrected chi connectivity index (χ3v) is 8.32. The van der Waals surface area contributed by atoms with Crippen molar-refractivity contribution in [3.8, 4) is 0 Å². The van der Waals surface area contributed by atoms with Crippen molar-refractivity contribution < 1.29 is 13.2 Å². The number of anilines is 1. The quantitative estimate of drug-likeness (QED) is 0.429. The lowest BCUT2D eigenvalue weighted by Crippen LogP contribution is -2.46. The zero-order chi connectivity index (χ0) is 23.3. The van der Waals surface area contributed by atoms with Crippen molar-refractivity contribution in [2.24, 2.45) is 5.92 Å². The minimum Gasteiger partial charge on any atom is -0.341 e. The van der Waals surface area contributed by atoms with E-state index in [2.05, 4.69) is 40.2 Å². The normalized spacial score (nSPS) is 14.8. The topological polar surface area (TPSA) is 57.7 Å². The van der Waals surface area contributed by atoms with Gasteiger partial charge in [0.15, 0.2) is 0 Å². The van der Waals surface area contributed by atoms with Crippen molar-refractivity contribution in [3.05, 3.63) is 95.0 Å². The molecule has 5 nitrogen and oxygen atoms in total. The van der Waals surface area contributed by atoms with E-state index in [0.717, 1.165) is 23.7 Å². The molecule has 3 aromatic rings. The Kier molecular flexibility index (Phi) is 7.50. The Morgan fingerprint density at radius 1 is 0.909 bits per heavy atom. The van der Waals surface area contributed by atoms with Crippen LogP contribution in [0.3, 0.4) is 0 Å². The van der Waals surface area contributed by atoms with E-state index in [1.54, 1.807) is 53.4 Å². The number of sulfonamides is 1. The van der Waals surface area contributed by atoms with E-state index in [9.17, 15) is 13.2 Å². The van der Waals surface area contributed by atoms with Gasteiger partial charge in [-0.1, -0.05) is 70.5 Å². The van der Waals surface area contributed by atoms with E-state index in [0.29, 0.717) is 24.7 Å². The van der Waals surface area contributed by atoms with Crippen molar-refractivity contribution >= 4 is 37.5 Å². The fraction of sp³-hybridized carbons (Fsp3) is 0.269. The van der Waals surface area contributed by atoms with Crippen molar-refractivity contribution in [2.75, 3.05) is 23.9 Å². The van der Waals surface area contributed by atoms with Crippen molar-refractivity contribution in [1.82, 2.24) is 4.90 Å². The summed E-state index contributed by atoms with van der Waals surface area (Å²) in [5.74, 6) is 0.360. The number of rotatable bonds is 7. The van der Waals surface area contributed by atoms with Crippen LogP contribution in [0.4, 0.5) is 5.69 Å². The van der Waals surface area contributed by atoms with Gasteiger partial charge < -0.3 is 4.90 Å². The van der Waals surface area contributed by atoms with Gasteiger partial charge in [0.05, 0.1) is 10.6 Å². The predicted octanol–water partition coefficient (Wildman–Crippen LogP) is 5.13. The first-order valence-corrected chi connectivity index (χ1v) is 13.3. The Balaban J connectivity index is 1.48. The molecule has 0 radical (unpaired) electrons. The zero-order valence-electron chi connectivity index (χ0n) is 18.3. The van der Waals surface area contributed by atoms with E-state index in [1.807, 2.05) is 12.1 Å². The summed E-state index contributed by atoms with van der Waals surface area (Å²) in [5, 5.41) is 0. The number of carbonyl (C=O) groups is 1. The Hall–Kier alpha value is -2.64. The van der Waals surface area contributed by atoms with Crippen LogP contribution in [0.2, 0.25) is 0 Å². The fourth-order valence-electron chi connectivity index (χ4n) is 4.22. The van der Waals surface area contributed by atoms with Crippen LogP contribution in [0.1, 0.15) is 18.4 Å². The number of piperidine rings is 1. The maximum Gasteiger partial charge on any atom is 0.264 e. The molecule has 1 fully saturated rings. The molecule has 4 rings (SSSR count). The highest BCUT2D eigenvalue weighted by atomic mass is 79.9. The summed E-state index contributed by atoms with van der Waals surface area (Å²) in [7, 11) is -3.89. The number of halogens is 1. The second-order valence-electron chi connectivity index (χ2n) is 8.32.